The van der Waals surface area contributed by atoms with Crippen molar-refractivity contribution >= 4 is 39.0 Å². The number of fused-ring (bicyclic) bond motifs is 1. The molecule has 0 aromatic carbocycles. The number of anilines is 1. The zero-order valence-electron chi connectivity index (χ0n) is 11.1. The molecule has 0 radical (unpaired) electrons. The molecule has 1 aliphatic carbocycles. The Kier molecular flexibility index (Phi) is 3.89. The number of thiophene rings is 1. The molecular weight excluding hydrogens is 278 g/mol. The second kappa shape index (κ2) is 5.63. The van der Waals surface area contributed by atoms with E-state index in [-0.39, 0.29) is 0 Å². The maximum Gasteiger partial charge on any atom is 0.225 e. The second-order valence-corrected chi connectivity index (χ2v) is 6.82. The Morgan fingerprint density at radius 2 is 1.95 bits per heavy atom. The lowest BCUT2D eigenvalue weighted by atomic mass is 10.1. The van der Waals surface area contributed by atoms with E-state index in [4.69, 9.17) is 11.6 Å². The van der Waals surface area contributed by atoms with Crippen LogP contribution in [0, 0.1) is 6.92 Å². The Bertz CT molecular complexity index is 573. The number of rotatable bonds is 2. The zero-order valence-corrected chi connectivity index (χ0v) is 12.7. The van der Waals surface area contributed by atoms with Gasteiger partial charge in [-0.15, -0.1) is 11.3 Å². The smallest absolute Gasteiger partial charge is 0.225 e. The van der Waals surface area contributed by atoms with Crippen LogP contribution in [0.5, 0.6) is 0 Å². The number of aryl methyl sites for hydroxylation is 1. The second-order valence-electron chi connectivity index (χ2n) is 5.25. The summed E-state index contributed by atoms with van der Waals surface area (Å²) in [5.74, 6) is 0.909. The van der Waals surface area contributed by atoms with Gasteiger partial charge in [0.1, 0.15) is 10.6 Å². The first-order chi connectivity index (χ1) is 9.22. The SMILES string of the molecule is Cc1cc2c(NC3CCCCCC3)nc(Cl)nc2s1. The topological polar surface area (TPSA) is 37.8 Å². The predicted octanol–water partition coefficient (Wildman–Crippen LogP) is 4.79. The van der Waals surface area contributed by atoms with Gasteiger partial charge in [-0.1, -0.05) is 25.7 Å². The summed E-state index contributed by atoms with van der Waals surface area (Å²) in [6.45, 7) is 2.09. The van der Waals surface area contributed by atoms with Crippen LogP contribution in [0.4, 0.5) is 5.82 Å². The number of halogens is 1. The van der Waals surface area contributed by atoms with Crippen LogP contribution in [0.15, 0.2) is 6.07 Å². The summed E-state index contributed by atoms with van der Waals surface area (Å²) in [7, 11) is 0. The number of nitrogens with one attached hydrogen (secondary N) is 1. The summed E-state index contributed by atoms with van der Waals surface area (Å²) in [5.41, 5.74) is 0. The van der Waals surface area contributed by atoms with Crippen LogP contribution in [0.25, 0.3) is 10.2 Å². The fraction of sp³-hybridized carbons (Fsp3) is 0.571. The average molecular weight is 296 g/mol. The minimum atomic E-state index is 0.338. The minimum absolute atomic E-state index is 0.338. The van der Waals surface area contributed by atoms with Crippen molar-refractivity contribution in [2.24, 2.45) is 0 Å². The molecular formula is C14H18ClN3S. The summed E-state index contributed by atoms with van der Waals surface area (Å²) in [6, 6.07) is 2.67. The van der Waals surface area contributed by atoms with E-state index in [1.165, 1.54) is 43.4 Å². The molecule has 0 saturated heterocycles. The fourth-order valence-electron chi connectivity index (χ4n) is 2.74. The normalized spacial score (nSPS) is 17.6. The highest BCUT2D eigenvalue weighted by atomic mass is 35.5. The van der Waals surface area contributed by atoms with Gasteiger partial charge in [0.15, 0.2) is 0 Å². The van der Waals surface area contributed by atoms with E-state index in [1.54, 1.807) is 11.3 Å². The monoisotopic (exact) mass is 295 g/mol. The third kappa shape index (κ3) is 3.00. The van der Waals surface area contributed by atoms with Gasteiger partial charge >= 0.3 is 0 Å². The number of aromatic nitrogens is 2. The summed E-state index contributed by atoms with van der Waals surface area (Å²) < 4.78 is 0. The third-order valence-corrected chi connectivity index (χ3v) is 4.80. The molecule has 102 valence electrons. The van der Waals surface area contributed by atoms with Gasteiger partial charge in [0.2, 0.25) is 5.28 Å². The fourth-order valence-corrected chi connectivity index (χ4v) is 3.84. The van der Waals surface area contributed by atoms with Gasteiger partial charge in [-0.2, -0.15) is 0 Å². The lowest BCUT2D eigenvalue weighted by molar-refractivity contribution is 0.618. The first kappa shape index (κ1) is 13.1. The lowest BCUT2D eigenvalue weighted by Gasteiger charge is -2.17. The molecule has 1 aliphatic rings. The number of hydrogen-bond acceptors (Lipinski definition) is 4. The Labute approximate surface area is 122 Å². The summed E-state index contributed by atoms with van der Waals surface area (Å²) >= 11 is 7.70. The lowest BCUT2D eigenvalue weighted by Crippen LogP contribution is -2.19. The Hall–Kier alpha value is -0.870. The van der Waals surface area contributed by atoms with Crippen molar-refractivity contribution in [2.45, 2.75) is 51.5 Å². The quantitative estimate of drug-likeness (QED) is 0.639. The molecule has 0 bridgehead atoms. The highest BCUT2D eigenvalue weighted by Gasteiger charge is 2.16. The largest absolute Gasteiger partial charge is 0.367 e. The summed E-state index contributed by atoms with van der Waals surface area (Å²) in [5, 5.41) is 5.04. The molecule has 5 heteroatoms. The van der Waals surface area contributed by atoms with Crippen LogP contribution in [-0.4, -0.2) is 16.0 Å². The molecule has 3 nitrogen and oxygen atoms in total. The van der Waals surface area contributed by atoms with Gasteiger partial charge in [0.05, 0.1) is 5.39 Å². The van der Waals surface area contributed by atoms with E-state index >= 15 is 0 Å². The molecule has 1 N–H and O–H groups in total. The summed E-state index contributed by atoms with van der Waals surface area (Å²) in [6.07, 6.45) is 7.79. The molecule has 1 fully saturated rings. The molecule has 1 saturated carbocycles. The maximum absolute atomic E-state index is 6.03. The molecule has 2 aromatic heterocycles. The Morgan fingerprint density at radius 1 is 1.21 bits per heavy atom. The first-order valence-electron chi connectivity index (χ1n) is 6.92. The molecule has 0 unspecified atom stereocenters. The van der Waals surface area contributed by atoms with Crippen molar-refractivity contribution < 1.29 is 0 Å². The maximum atomic E-state index is 6.03. The van der Waals surface area contributed by atoms with Crippen molar-refractivity contribution in [2.75, 3.05) is 5.32 Å². The highest BCUT2D eigenvalue weighted by molar-refractivity contribution is 7.18. The van der Waals surface area contributed by atoms with Gasteiger partial charge in [0.25, 0.3) is 0 Å². The van der Waals surface area contributed by atoms with Crippen molar-refractivity contribution in [1.82, 2.24) is 9.97 Å². The molecule has 0 atom stereocenters. The van der Waals surface area contributed by atoms with E-state index < -0.39 is 0 Å². The number of hydrogen-bond donors (Lipinski definition) is 1. The van der Waals surface area contributed by atoms with Crippen molar-refractivity contribution in [3.05, 3.63) is 16.2 Å². The van der Waals surface area contributed by atoms with Crippen LogP contribution >= 0.6 is 22.9 Å². The van der Waals surface area contributed by atoms with Crippen LogP contribution in [0.3, 0.4) is 0 Å². The predicted molar refractivity (Wildman–Crippen MR) is 82.3 cm³/mol. The number of nitrogens with zero attached hydrogens (tertiary/aromatic N) is 2. The van der Waals surface area contributed by atoms with Gasteiger partial charge in [0, 0.05) is 10.9 Å². The molecule has 0 spiro atoms. The zero-order chi connectivity index (χ0) is 13.2. The van der Waals surface area contributed by atoms with Gasteiger partial charge in [-0.3, -0.25) is 0 Å². The van der Waals surface area contributed by atoms with Gasteiger partial charge in [-0.25, -0.2) is 9.97 Å². The van der Waals surface area contributed by atoms with E-state index in [0.29, 0.717) is 11.3 Å². The Morgan fingerprint density at radius 3 is 2.68 bits per heavy atom. The van der Waals surface area contributed by atoms with Crippen molar-refractivity contribution in [3.63, 3.8) is 0 Å². The Balaban J connectivity index is 1.90. The van der Waals surface area contributed by atoms with E-state index in [2.05, 4.69) is 28.3 Å². The molecule has 2 heterocycles. The standard InChI is InChI=1S/C14H18ClN3S/c1-9-8-11-12(17-14(15)18-13(11)19-9)16-10-6-4-2-3-5-7-10/h8,10H,2-7H2,1H3,(H,16,17,18). The van der Waals surface area contributed by atoms with Gasteiger partial charge < -0.3 is 5.32 Å². The molecule has 0 amide bonds. The van der Waals surface area contributed by atoms with Crippen LogP contribution < -0.4 is 5.32 Å². The first-order valence-corrected chi connectivity index (χ1v) is 8.12. The van der Waals surface area contributed by atoms with E-state index in [0.717, 1.165) is 16.0 Å². The average Bonchev–Trinajstić information content (AvgIpc) is 2.59. The molecule has 0 aliphatic heterocycles. The molecule has 19 heavy (non-hydrogen) atoms. The van der Waals surface area contributed by atoms with Crippen LogP contribution in [-0.2, 0) is 0 Å². The summed E-state index contributed by atoms with van der Waals surface area (Å²) in [4.78, 5) is 10.9. The third-order valence-electron chi connectivity index (χ3n) is 3.68. The minimum Gasteiger partial charge on any atom is -0.367 e. The van der Waals surface area contributed by atoms with Gasteiger partial charge in [-0.05, 0) is 37.4 Å². The van der Waals surface area contributed by atoms with E-state index in [9.17, 15) is 0 Å². The van der Waals surface area contributed by atoms with E-state index in [1.807, 2.05) is 0 Å². The van der Waals surface area contributed by atoms with Crippen LogP contribution in [0.2, 0.25) is 5.28 Å². The highest BCUT2D eigenvalue weighted by Crippen LogP contribution is 2.31. The molecule has 3 rings (SSSR count). The molecule has 2 aromatic rings. The van der Waals surface area contributed by atoms with Crippen LogP contribution in [0.1, 0.15) is 43.4 Å². The van der Waals surface area contributed by atoms with Crippen molar-refractivity contribution in [1.29, 1.82) is 0 Å². The van der Waals surface area contributed by atoms with Crippen molar-refractivity contribution in [3.8, 4) is 0 Å².